The molecule has 3 rings (SSSR count). The van der Waals surface area contributed by atoms with Crippen LogP contribution in [0.15, 0.2) is 36.4 Å². The topological polar surface area (TPSA) is 163 Å². The summed E-state index contributed by atoms with van der Waals surface area (Å²) in [6, 6.07) is 7.35. The summed E-state index contributed by atoms with van der Waals surface area (Å²) in [6.07, 6.45) is 6.66. The predicted octanol–water partition coefficient (Wildman–Crippen LogP) is 4.79. The standard InChI is InChI=1S/C27H34N4O6S/c1-27(2,3)37-26(35)30-20(24(33)36-18-11-4-5-12-18)13-7-9-16-8-6-10-17(14-16)21-15-19(22(28)32)23(38-21)31-25(29)34/h6-10,14-15,18,20H,4-5,11-13H2,1-3H3,(H2,28,32)(H,30,35)(H3,29,31,34)/b9-7+/t20-/m0/s1. The average molecular weight is 543 g/mol. The molecule has 0 spiro atoms. The second kappa shape index (κ2) is 12.6. The maximum absolute atomic E-state index is 12.8. The second-order valence-corrected chi connectivity index (χ2v) is 11.1. The molecule has 1 aliphatic carbocycles. The average Bonchev–Trinajstić information content (AvgIpc) is 3.47. The number of urea groups is 1. The van der Waals surface area contributed by atoms with Gasteiger partial charge in [0.2, 0.25) is 0 Å². The Bertz CT molecular complexity index is 1210. The van der Waals surface area contributed by atoms with E-state index in [4.69, 9.17) is 20.9 Å². The lowest BCUT2D eigenvalue weighted by Crippen LogP contribution is -2.44. The first kappa shape index (κ1) is 28.7. The number of anilines is 1. The minimum Gasteiger partial charge on any atom is -0.461 e. The molecule has 1 fully saturated rings. The van der Waals surface area contributed by atoms with Crippen molar-refractivity contribution in [3.8, 4) is 10.4 Å². The molecule has 38 heavy (non-hydrogen) atoms. The Kier molecular flexibility index (Phi) is 9.51. The van der Waals surface area contributed by atoms with Crippen molar-refractivity contribution in [2.75, 3.05) is 5.32 Å². The van der Waals surface area contributed by atoms with Crippen molar-refractivity contribution >= 4 is 46.4 Å². The quantitative estimate of drug-likeness (QED) is 0.333. The third-order valence-electron chi connectivity index (χ3n) is 5.65. The van der Waals surface area contributed by atoms with Crippen LogP contribution >= 0.6 is 11.3 Å². The molecule has 0 aliphatic heterocycles. The molecular weight excluding hydrogens is 508 g/mol. The number of rotatable bonds is 9. The van der Waals surface area contributed by atoms with Crippen LogP contribution in [0.1, 0.15) is 68.8 Å². The van der Waals surface area contributed by atoms with E-state index in [1.54, 1.807) is 32.9 Å². The number of hydrogen-bond donors (Lipinski definition) is 4. The highest BCUT2D eigenvalue weighted by Crippen LogP contribution is 2.35. The van der Waals surface area contributed by atoms with Crippen LogP contribution in [0, 0.1) is 0 Å². The number of primary amides is 2. The molecule has 1 aliphatic rings. The van der Waals surface area contributed by atoms with Gasteiger partial charge in [-0.1, -0.05) is 30.4 Å². The summed E-state index contributed by atoms with van der Waals surface area (Å²) in [5.41, 5.74) is 11.7. The summed E-state index contributed by atoms with van der Waals surface area (Å²) < 4.78 is 10.9. The fourth-order valence-electron chi connectivity index (χ4n) is 3.97. The molecule has 4 amide bonds. The van der Waals surface area contributed by atoms with Gasteiger partial charge in [0.25, 0.3) is 5.91 Å². The van der Waals surface area contributed by atoms with Gasteiger partial charge in [0.15, 0.2) is 0 Å². The largest absolute Gasteiger partial charge is 0.461 e. The number of nitrogens with one attached hydrogen (secondary N) is 2. The lowest BCUT2D eigenvalue weighted by Gasteiger charge is -2.23. The number of carbonyl (C=O) groups excluding carboxylic acids is 4. The number of nitrogens with two attached hydrogens (primary N) is 2. The van der Waals surface area contributed by atoms with Gasteiger partial charge in [0.05, 0.1) is 5.56 Å². The Balaban J connectivity index is 1.74. The lowest BCUT2D eigenvalue weighted by molar-refractivity contribution is -0.151. The third kappa shape index (κ3) is 8.62. The Labute approximate surface area is 225 Å². The minimum absolute atomic E-state index is 0.129. The molecule has 204 valence electrons. The summed E-state index contributed by atoms with van der Waals surface area (Å²) in [5, 5.41) is 5.33. The maximum atomic E-state index is 12.8. The summed E-state index contributed by atoms with van der Waals surface area (Å²) in [4.78, 5) is 49.0. The highest BCUT2D eigenvalue weighted by molar-refractivity contribution is 7.20. The fourth-order valence-corrected chi connectivity index (χ4v) is 5.04. The Morgan fingerprint density at radius 1 is 1.13 bits per heavy atom. The SMILES string of the molecule is CC(C)(C)OC(=O)N[C@@H](C/C=C/c1cccc(-c2cc(C(N)=O)c(NC(N)=O)s2)c1)C(=O)OC1CCCC1. The summed E-state index contributed by atoms with van der Waals surface area (Å²) in [6.45, 7) is 5.24. The number of esters is 1. The molecule has 11 heteroatoms. The van der Waals surface area contributed by atoms with Crippen LogP contribution < -0.4 is 22.1 Å². The third-order valence-corrected chi connectivity index (χ3v) is 6.75. The molecule has 1 saturated carbocycles. The molecule has 10 nitrogen and oxygen atoms in total. The van der Waals surface area contributed by atoms with Gasteiger partial charge in [-0.05, 0) is 76.1 Å². The van der Waals surface area contributed by atoms with Crippen molar-refractivity contribution in [3.05, 3.63) is 47.5 Å². The molecule has 1 aromatic heterocycles. The number of alkyl carbamates (subject to hydrolysis) is 1. The van der Waals surface area contributed by atoms with E-state index in [1.807, 2.05) is 30.3 Å². The highest BCUT2D eigenvalue weighted by Gasteiger charge is 2.28. The number of ether oxygens (including phenoxy) is 2. The second-order valence-electron chi connectivity index (χ2n) is 10.0. The molecule has 0 radical (unpaired) electrons. The smallest absolute Gasteiger partial charge is 0.408 e. The summed E-state index contributed by atoms with van der Waals surface area (Å²) >= 11 is 1.18. The number of amides is 4. The first-order valence-corrected chi connectivity index (χ1v) is 13.2. The molecule has 0 bridgehead atoms. The van der Waals surface area contributed by atoms with Gasteiger partial charge in [-0.15, -0.1) is 11.3 Å². The van der Waals surface area contributed by atoms with Crippen LogP contribution in [0.3, 0.4) is 0 Å². The molecule has 0 unspecified atom stereocenters. The minimum atomic E-state index is -0.900. The van der Waals surface area contributed by atoms with E-state index in [2.05, 4.69) is 10.6 Å². The van der Waals surface area contributed by atoms with Crippen molar-refractivity contribution in [2.45, 2.75) is 70.6 Å². The first-order chi connectivity index (χ1) is 17.9. The van der Waals surface area contributed by atoms with Crippen molar-refractivity contribution in [1.29, 1.82) is 0 Å². The fraction of sp³-hybridized carbons (Fsp3) is 0.407. The lowest BCUT2D eigenvalue weighted by atomic mass is 10.1. The number of hydrogen-bond acceptors (Lipinski definition) is 7. The number of thiophene rings is 1. The molecule has 1 heterocycles. The zero-order chi connectivity index (χ0) is 27.9. The van der Waals surface area contributed by atoms with Gasteiger partial charge < -0.3 is 26.3 Å². The van der Waals surface area contributed by atoms with Gasteiger partial charge in [-0.25, -0.2) is 14.4 Å². The van der Waals surface area contributed by atoms with Crippen LogP contribution in [-0.2, 0) is 14.3 Å². The van der Waals surface area contributed by atoms with E-state index in [-0.39, 0.29) is 23.1 Å². The van der Waals surface area contributed by atoms with Gasteiger partial charge in [0.1, 0.15) is 22.7 Å². The molecule has 1 atom stereocenters. The van der Waals surface area contributed by atoms with Crippen molar-refractivity contribution in [1.82, 2.24) is 5.32 Å². The predicted molar refractivity (Wildman–Crippen MR) is 147 cm³/mol. The van der Waals surface area contributed by atoms with Crippen LogP contribution in [-0.4, -0.2) is 41.7 Å². The van der Waals surface area contributed by atoms with E-state index < -0.39 is 35.6 Å². The van der Waals surface area contributed by atoms with Crippen LogP contribution in [0.4, 0.5) is 14.6 Å². The summed E-state index contributed by atoms with van der Waals surface area (Å²) in [5.74, 6) is -1.17. The van der Waals surface area contributed by atoms with Gasteiger partial charge in [-0.2, -0.15) is 0 Å². The van der Waals surface area contributed by atoms with Gasteiger partial charge in [0, 0.05) is 4.88 Å². The van der Waals surface area contributed by atoms with E-state index in [0.29, 0.717) is 4.88 Å². The molecular formula is C27H34N4O6S. The van der Waals surface area contributed by atoms with Crippen molar-refractivity contribution in [2.24, 2.45) is 11.5 Å². The van der Waals surface area contributed by atoms with Crippen molar-refractivity contribution in [3.63, 3.8) is 0 Å². The van der Waals surface area contributed by atoms with E-state index in [0.717, 1.165) is 36.8 Å². The summed E-state index contributed by atoms with van der Waals surface area (Å²) in [7, 11) is 0. The van der Waals surface area contributed by atoms with Crippen LogP contribution in [0.2, 0.25) is 0 Å². The van der Waals surface area contributed by atoms with Crippen LogP contribution in [0.5, 0.6) is 0 Å². The monoisotopic (exact) mass is 542 g/mol. The molecule has 0 saturated heterocycles. The molecule has 6 N–H and O–H groups in total. The molecule has 1 aromatic carbocycles. The Hall–Kier alpha value is -3.86. The van der Waals surface area contributed by atoms with E-state index in [9.17, 15) is 19.2 Å². The van der Waals surface area contributed by atoms with Gasteiger partial charge in [-0.3, -0.25) is 10.1 Å². The van der Waals surface area contributed by atoms with E-state index >= 15 is 0 Å². The van der Waals surface area contributed by atoms with Crippen molar-refractivity contribution < 1.29 is 28.7 Å². The Morgan fingerprint density at radius 3 is 2.47 bits per heavy atom. The maximum Gasteiger partial charge on any atom is 0.408 e. The zero-order valence-electron chi connectivity index (χ0n) is 21.7. The number of benzene rings is 1. The zero-order valence-corrected chi connectivity index (χ0v) is 22.6. The highest BCUT2D eigenvalue weighted by atomic mass is 32.1. The first-order valence-electron chi connectivity index (χ1n) is 12.4. The molecule has 2 aromatic rings. The normalized spacial score (nSPS) is 14.7. The number of carbonyl (C=O) groups is 4. The van der Waals surface area contributed by atoms with Gasteiger partial charge >= 0.3 is 18.1 Å². The van der Waals surface area contributed by atoms with Crippen LogP contribution in [0.25, 0.3) is 16.5 Å². The van der Waals surface area contributed by atoms with E-state index in [1.165, 1.54) is 11.3 Å². The Morgan fingerprint density at radius 2 is 1.84 bits per heavy atom.